The van der Waals surface area contributed by atoms with Gasteiger partial charge in [-0.25, -0.2) is 4.68 Å². The Balaban J connectivity index is 1.51. The summed E-state index contributed by atoms with van der Waals surface area (Å²) in [7, 11) is 0. The van der Waals surface area contributed by atoms with Crippen LogP contribution in [0, 0.1) is 5.92 Å². The molecule has 1 aromatic carbocycles. The van der Waals surface area contributed by atoms with Crippen molar-refractivity contribution in [2.45, 2.75) is 38.3 Å². The van der Waals surface area contributed by atoms with Gasteiger partial charge in [-0.2, -0.15) is 5.10 Å². The second-order valence-corrected chi connectivity index (χ2v) is 5.87. The van der Waals surface area contributed by atoms with Gasteiger partial charge in [-0.15, -0.1) is 0 Å². The van der Waals surface area contributed by atoms with Gasteiger partial charge in [0.2, 0.25) is 0 Å². The zero-order valence-electron chi connectivity index (χ0n) is 12.3. The van der Waals surface area contributed by atoms with E-state index in [1.807, 2.05) is 41.2 Å². The molecule has 0 bridgehead atoms. The van der Waals surface area contributed by atoms with Gasteiger partial charge in [-0.1, -0.05) is 31.0 Å². The molecular weight excluding hydrogens is 262 g/mol. The van der Waals surface area contributed by atoms with Crippen molar-refractivity contribution in [1.82, 2.24) is 15.1 Å². The van der Waals surface area contributed by atoms with E-state index in [1.54, 1.807) is 0 Å². The summed E-state index contributed by atoms with van der Waals surface area (Å²) >= 11 is 0. The van der Waals surface area contributed by atoms with Crippen LogP contribution in [0.5, 0.6) is 0 Å². The zero-order valence-corrected chi connectivity index (χ0v) is 12.3. The Kier molecular flexibility index (Phi) is 4.68. The van der Waals surface area contributed by atoms with E-state index >= 15 is 0 Å². The molecule has 0 amide bonds. The van der Waals surface area contributed by atoms with Gasteiger partial charge in [0.15, 0.2) is 0 Å². The SMILES string of the molecule is OC1CCCCC1CNCc1cnn(-c2ccccc2)c1. The highest BCUT2D eigenvalue weighted by Gasteiger charge is 2.22. The molecule has 2 atom stereocenters. The number of hydrogen-bond donors (Lipinski definition) is 2. The Hall–Kier alpha value is -1.65. The molecule has 1 fully saturated rings. The normalized spacial score (nSPS) is 22.3. The zero-order chi connectivity index (χ0) is 14.5. The fraction of sp³-hybridized carbons (Fsp3) is 0.471. The predicted octanol–water partition coefficient (Wildman–Crippen LogP) is 2.51. The molecule has 0 radical (unpaired) electrons. The van der Waals surface area contributed by atoms with Crippen molar-refractivity contribution >= 4 is 0 Å². The first-order valence-corrected chi connectivity index (χ1v) is 7.80. The van der Waals surface area contributed by atoms with Crippen LogP contribution >= 0.6 is 0 Å². The highest BCUT2D eigenvalue weighted by atomic mass is 16.3. The van der Waals surface area contributed by atoms with E-state index < -0.39 is 0 Å². The highest BCUT2D eigenvalue weighted by Crippen LogP contribution is 2.23. The standard InChI is InChI=1S/C17H23N3O/c21-17-9-5-4-6-15(17)12-18-10-14-11-19-20(13-14)16-7-2-1-3-8-16/h1-3,7-8,11,13,15,17-18,21H,4-6,9-10,12H2. The van der Waals surface area contributed by atoms with Crippen LogP contribution in [-0.4, -0.2) is 27.5 Å². The maximum Gasteiger partial charge on any atom is 0.0645 e. The van der Waals surface area contributed by atoms with Crippen LogP contribution in [-0.2, 0) is 6.54 Å². The molecule has 3 rings (SSSR count). The molecule has 1 aliphatic carbocycles. The summed E-state index contributed by atoms with van der Waals surface area (Å²) in [5, 5.41) is 17.8. The molecule has 112 valence electrons. The van der Waals surface area contributed by atoms with Gasteiger partial charge < -0.3 is 10.4 Å². The minimum atomic E-state index is -0.127. The van der Waals surface area contributed by atoms with Gasteiger partial charge in [0.1, 0.15) is 0 Å². The van der Waals surface area contributed by atoms with Gasteiger partial charge in [-0.05, 0) is 30.9 Å². The van der Waals surface area contributed by atoms with Crippen LogP contribution in [0.3, 0.4) is 0 Å². The average Bonchev–Trinajstić information content (AvgIpc) is 2.99. The molecule has 0 spiro atoms. The van der Waals surface area contributed by atoms with Gasteiger partial charge in [0.25, 0.3) is 0 Å². The van der Waals surface area contributed by atoms with Gasteiger partial charge >= 0.3 is 0 Å². The molecular formula is C17H23N3O. The summed E-state index contributed by atoms with van der Waals surface area (Å²) in [6.45, 7) is 1.69. The Morgan fingerprint density at radius 3 is 2.81 bits per heavy atom. The molecule has 4 nitrogen and oxygen atoms in total. The maximum absolute atomic E-state index is 9.96. The lowest BCUT2D eigenvalue weighted by atomic mass is 9.86. The Morgan fingerprint density at radius 1 is 1.19 bits per heavy atom. The lowest BCUT2D eigenvalue weighted by Gasteiger charge is -2.27. The average molecular weight is 285 g/mol. The number of nitrogens with one attached hydrogen (secondary N) is 1. The van der Waals surface area contributed by atoms with E-state index in [0.29, 0.717) is 5.92 Å². The van der Waals surface area contributed by atoms with Crippen LogP contribution in [0.2, 0.25) is 0 Å². The predicted molar refractivity (Wildman–Crippen MR) is 83.2 cm³/mol. The molecule has 2 aromatic rings. The monoisotopic (exact) mass is 285 g/mol. The number of aromatic nitrogens is 2. The van der Waals surface area contributed by atoms with Crippen molar-refractivity contribution in [1.29, 1.82) is 0 Å². The van der Waals surface area contributed by atoms with Crippen molar-refractivity contribution in [3.05, 3.63) is 48.3 Å². The second kappa shape index (κ2) is 6.87. The number of nitrogens with zero attached hydrogens (tertiary/aromatic N) is 2. The molecule has 2 unspecified atom stereocenters. The number of hydrogen-bond acceptors (Lipinski definition) is 3. The molecule has 1 aliphatic rings. The summed E-state index contributed by atoms with van der Waals surface area (Å²) in [4.78, 5) is 0. The van der Waals surface area contributed by atoms with E-state index in [2.05, 4.69) is 16.6 Å². The molecule has 21 heavy (non-hydrogen) atoms. The van der Waals surface area contributed by atoms with E-state index in [4.69, 9.17) is 0 Å². The summed E-state index contributed by atoms with van der Waals surface area (Å²) in [6.07, 6.45) is 8.34. The fourth-order valence-electron chi connectivity index (χ4n) is 3.00. The highest BCUT2D eigenvalue weighted by molar-refractivity contribution is 5.30. The molecule has 0 aliphatic heterocycles. The van der Waals surface area contributed by atoms with E-state index in [0.717, 1.165) is 31.6 Å². The largest absolute Gasteiger partial charge is 0.393 e. The van der Waals surface area contributed by atoms with Crippen LogP contribution in [0.1, 0.15) is 31.2 Å². The molecule has 1 heterocycles. The lowest BCUT2D eigenvalue weighted by Crippen LogP contribution is -2.33. The third-order valence-corrected chi connectivity index (χ3v) is 4.26. The quantitative estimate of drug-likeness (QED) is 0.887. The molecule has 4 heteroatoms. The van der Waals surface area contributed by atoms with Crippen LogP contribution in [0.25, 0.3) is 5.69 Å². The Morgan fingerprint density at radius 2 is 2.00 bits per heavy atom. The number of aliphatic hydroxyl groups is 1. The first-order valence-electron chi connectivity index (χ1n) is 7.80. The molecule has 2 N–H and O–H groups in total. The van der Waals surface area contributed by atoms with Crippen molar-refractivity contribution < 1.29 is 5.11 Å². The summed E-state index contributed by atoms with van der Waals surface area (Å²) < 4.78 is 1.90. The van der Waals surface area contributed by atoms with Crippen LogP contribution in [0.15, 0.2) is 42.7 Å². The smallest absolute Gasteiger partial charge is 0.0645 e. The fourth-order valence-corrected chi connectivity index (χ4v) is 3.00. The number of rotatable bonds is 5. The van der Waals surface area contributed by atoms with E-state index in [-0.39, 0.29) is 6.10 Å². The van der Waals surface area contributed by atoms with Crippen molar-refractivity contribution in [3.63, 3.8) is 0 Å². The van der Waals surface area contributed by atoms with Crippen molar-refractivity contribution in [2.24, 2.45) is 5.92 Å². The second-order valence-electron chi connectivity index (χ2n) is 5.87. The summed E-state index contributed by atoms with van der Waals surface area (Å²) in [5.74, 6) is 0.405. The van der Waals surface area contributed by atoms with E-state index in [9.17, 15) is 5.11 Å². The first-order chi connectivity index (χ1) is 10.3. The minimum Gasteiger partial charge on any atom is -0.393 e. The van der Waals surface area contributed by atoms with Gasteiger partial charge in [0, 0.05) is 24.8 Å². The summed E-state index contributed by atoms with van der Waals surface area (Å²) in [5.41, 5.74) is 2.25. The number of para-hydroxylation sites is 1. The Bertz CT molecular complexity index is 552. The lowest BCUT2D eigenvalue weighted by molar-refractivity contribution is 0.0695. The molecule has 1 aromatic heterocycles. The van der Waals surface area contributed by atoms with Gasteiger partial charge in [-0.3, -0.25) is 0 Å². The summed E-state index contributed by atoms with van der Waals surface area (Å²) in [6, 6.07) is 10.1. The number of aliphatic hydroxyl groups excluding tert-OH is 1. The topological polar surface area (TPSA) is 50.1 Å². The minimum absolute atomic E-state index is 0.127. The van der Waals surface area contributed by atoms with Crippen LogP contribution < -0.4 is 5.32 Å². The number of benzene rings is 1. The van der Waals surface area contributed by atoms with Gasteiger partial charge in [0.05, 0.1) is 18.0 Å². The third-order valence-electron chi connectivity index (χ3n) is 4.26. The third kappa shape index (κ3) is 3.71. The van der Waals surface area contributed by atoms with Crippen LogP contribution in [0.4, 0.5) is 0 Å². The Labute approximate surface area is 125 Å². The molecule has 1 saturated carbocycles. The van der Waals surface area contributed by atoms with Crippen molar-refractivity contribution in [3.8, 4) is 5.69 Å². The maximum atomic E-state index is 9.96. The van der Waals surface area contributed by atoms with Crippen molar-refractivity contribution in [2.75, 3.05) is 6.54 Å². The van der Waals surface area contributed by atoms with E-state index in [1.165, 1.54) is 18.4 Å². The first kappa shape index (κ1) is 14.3. The molecule has 0 saturated heterocycles.